The Morgan fingerprint density at radius 3 is 1.83 bits per heavy atom. The number of carbonyl (C=O) groups is 1. The number of hydrogen-bond donors (Lipinski definition) is 1. The third-order valence-electron chi connectivity index (χ3n) is 5.21. The van der Waals surface area contributed by atoms with E-state index in [1.165, 1.54) is 0 Å². The summed E-state index contributed by atoms with van der Waals surface area (Å²) >= 11 is 0. The van der Waals surface area contributed by atoms with E-state index in [1.54, 1.807) is 0 Å². The molecule has 1 aliphatic rings. The summed E-state index contributed by atoms with van der Waals surface area (Å²) in [7, 11) is -8.52. The SMILES string of the molecule is O=COC(C1CCC(OS(=O)(=O)c2ccc([N+](=O)[O-])cc2)CN1)S(=O)(=O)c1ccc([N+](=O)[O-])cc1. The molecule has 16 heteroatoms. The van der Waals surface area contributed by atoms with E-state index in [1.807, 2.05) is 0 Å². The predicted octanol–water partition coefficient (Wildman–Crippen LogP) is 1.30. The third-order valence-corrected chi connectivity index (χ3v) is 8.56. The minimum absolute atomic E-state index is 0.0308. The lowest BCUT2D eigenvalue weighted by atomic mass is 10.0. The van der Waals surface area contributed by atoms with Crippen LogP contribution in [0.1, 0.15) is 12.8 Å². The van der Waals surface area contributed by atoms with Crippen molar-refractivity contribution in [3.05, 3.63) is 68.8 Å². The van der Waals surface area contributed by atoms with Crippen LogP contribution in [-0.2, 0) is 33.7 Å². The van der Waals surface area contributed by atoms with Gasteiger partial charge in [-0.3, -0.25) is 29.2 Å². The minimum atomic E-state index is -4.26. The van der Waals surface area contributed by atoms with Gasteiger partial charge in [0.05, 0.1) is 31.8 Å². The quantitative estimate of drug-likeness (QED) is 0.200. The molecule has 0 radical (unpaired) electrons. The Labute approximate surface area is 199 Å². The van der Waals surface area contributed by atoms with E-state index < -0.39 is 47.4 Å². The number of hydrogen-bond acceptors (Lipinski definition) is 12. The summed E-state index contributed by atoms with van der Waals surface area (Å²) in [5, 5.41) is 24.3. The van der Waals surface area contributed by atoms with Crippen LogP contribution in [0.2, 0.25) is 0 Å². The molecule has 0 saturated carbocycles. The number of rotatable bonds is 10. The molecule has 188 valence electrons. The molecule has 14 nitrogen and oxygen atoms in total. The van der Waals surface area contributed by atoms with Crippen LogP contribution in [-0.4, -0.2) is 57.3 Å². The number of sulfone groups is 1. The maximum Gasteiger partial charge on any atom is 0.297 e. The van der Waals surface area contributed by atoms with Crippen LogP contribution >= 0.6 is 0 Å². The molecular weight excluding hydrogens is 510 g/mol. The highest BCUT2D eigenvalue weighted by molar-refractivity contribution is 7.92. The molecule has 0 aliphatic carbocycles. The topological polar surface area (TPSA) is 202 Å². The van der Waals surface area contributed by atoms with Gasteiger partial charge in [-0.05, 0) is 37.1 Å². The van der Waals surface area contributed by atoms with E-state index in [2.05, 4.69) is 5.32 Å². The molecule has 3 unspecified atom stereocenters. The van der Waals surface area contributed by atoms with Crippen molar-refractivity contribution in [3.8, 4) is 0 Å². The molecule has 0 aromatic heterocycles. The zero-order valence-electron chi connectivity index (χ0n) is 17.8. The highest BCUT2D eigenvalue weighted by atomic mass is 32.2. The molecule has 1 saturated heterocycles. The summed E-state index contributed by atoms with van der Waals surface area (Å²) in [5.41, 5.74) is -2.28. The molecule has 2 aromatic carbocycles. The van der Waals surface area contributed by atoms with Gasteiger partial charge >= 0.3 is 0 Å². The van der Waals surface area contributed by atoms with Crippen LogP contribution < -0.4 is 5.32 Å². The fourth-order valence-corrected chi connectivity index (χ4v) is 6.21. The Balaban J connectivity index is 1.69. The second-order valence-electron chi connectivity index (χ2n) is 7.41. The molecule has 1 fully saturated rings. The van der Waals surface area contributed by atoms with Crippen molar-refractivity contribution in [3.63, 3.8) is 0 Å². The number of nitrogens with zero attached hydrogens (tertiary/aromatic N) is 2. The Morgan fingerprint density at radius 2 is 1.40 bits per heavy atom. The highest BCUT2D eigenvalue weighted by Crippen LogP contribution is 2.27. The fraction of sp³-hybridized carbons (Fsp3) is 0.316. The monoisotopic (exact) mass is 529 g/mol. The first-order valence-electron chi connectivity index (χ1n) is 9.94. The molecule has 1 N–H and O–H groups in total. The van der Waals surface area contributed by atoms with Crippen LogP contribution in [0.5, 0.6) is 0 Å². The van der Waals surface area contributed by atoms with Crippen molar-refractivity contribution < 1.29 is 40.4 Å². The van der Waals surface area contributed by atoms with Crippen molar-refractivity contribution in [2.45, 2.75) is 40.2 Å². The van der Waals surface area contributed by atoms with Crippen molar-refractivity contribution in [2.24, 2.45) is 0 Å². The Hall–Kier alpha value is -3.47. The van der Waals surface area contributed by atoms with Gasteiger partial charge in [-0.25, -0.2) is 8.42 Å². The summed E-state index contributed by atoms with van der Waals surface area (Å²) in [4.78, 5) is 30.6. The molecule has 0 amide bonds. The lowest BCUT2D eigenvalue weighted by molar-refractivity contribution is -0.385. The number of nitro benzene ring substituents is 2. The summed E-state index contributed by atoms with van der Waals surface area (Å²) in [6, 6.07) is 7.28. The molecule has 1 aliphatic heterocycles. The van der Waals surface area contributed by atoms with E-state index in [4.69, 9.17) is 8.92 Å². The first-order chi connectivity index (χ1) is 16.5. The van der Waals surface area contributed by atoms with Crippen LogP contribution in [0.3, 0.4) is 0 Å². The number of carbonyl (C=O) groups excluding carboxylic acids is 1. The second-order valence-corrected chi connectivity index (χ2v) is 11.0. The Bertz CT molecular complexity index is 1300. The molecule has 3 atom stereocenters. The summed E-state index contributed by atoms with van der Waals surface area (Å²) in [6.45, 7) is -0.137. The average Bonchev–Trinajstić information content (AvgIpc) is 2.83. The van der Waals surface area contributed by atoms with Crippen LogP contribution in [0.15, 0.2) is 58.3 Å². The van der Waals surface area contributed by atoms with Gasteiger partial charge in [0.2, 0.25) is 15.3 Å². The van der Waals surface area contributed by atoms with Gasteiger partial charge in [-0.2, -0.15) is 8.42 Å². The number of nitro groups is 2. The van der Waals surface area contributed by atoms with Crippen molar-refractivity contribution in [2.75, 3.05) is 6.54 Å². The molecular formula is C19H19N3O11S2. The normalized spacial score (nSPS) is 19.4. The Kier molecular flexibility index (Phi) is 7.79. The van der Waals surface area contributed by atoms with Gasteiger partial charge in [0, 0.05) is 30.8 Å². The maximum atomic E-state index is 13.0. The average molecular weight is 530 g/mol. The largest absolute Gasteiger partial charge is 0.446 e. The molecule has 0 bridgehead atoms. The minimum Gasteiger partial charge on any atom is -0.446 e. The lowest BCUT2D eigenvalue weighted by Crippen LogP contribution is -2.52. The fourth-order valence-electron chi connectivity index (χ4n) is 3.47. The highest BCUT2D eigenvalue weighted by Gasteiger charge is 2.39. The van der Waals surface area contributed by atoms with E-state index in [-0.39, 0.29) is 47.0 Å². The maximum absolute atomic E-state index is 13.0. The molecule has 35 heavy (non-hydrogen) atoms. The number of ether oxygens (including phenoxy) is 1. The van der Waals surface area contributed by atoms with Crippen LogP contribution in [0.4, 0.5) is 11.4 Å². The Morgan fingerprint density at radius 1 is 0.886 bits per heavy atom. The van der Waals surface area contributed by atoms with Crippen LogP contribution in [0.25, 0.3) is 0 Å². The first kappa shape index (κ1) is 26.1. The van der Waals surface area contributed by atoms with E-state index >= 15 is 0 Å². The van der Waals surface area contributed by atoms with Gasteiger partial charge in [0.15, 0.2) is 0 Å². The van der Waals surface area contributed by atoms with Crippen molar-refractivity contribution >= 4 is 37.8 Å². The van der Waals surface area contributed by atoms with Gasteiger partial charge in [0.25, 0.3) is 28.0 Å². The summed E-state index contributed by atoms with van der Waals surface area (Å²) < 4.78 is 61.0. The smallest absolute Gasteiger partial charge is 0.297 e. The van der Waals surface area contributed by atoms with Crippen LogP contribution in [0, 0.1) is 20.2 Å². The van der Waals surface area contributed by atoms with Crippen molar-refractivity contribution in [1.82, 2.24) is 5.32 Å². The number of benzene rings is 2. The van der Waals surface area contributed by atoms with Gasteiger partial charge in [0.1, 0.15) is 0 Å². The number of non-ortho nitro benzene ring substituents is 2. The number of nitrogens with one attached hydrogen (secondary N) is 1. The van der Waals surface area contributed by atoms with E-state index in [9.17, 15) is 41.9 Å². The van der Waals surface area contributed by atoms with Gasteiger partial charge in [-0.15, -0.1) is 0 Å². The zero-order chi connectivity index (χ0) is 25.8. The second kappa shape index (κ2) is 10.4. The standard InChI is InChI=1S/C19H19N3O11S2/c23-12-32-19(34(28,29)16-6-1-13(2-7-16)21(24)25)18-10-5-15(11-20-18)33-35(30,31)17-8-3-14(4-9-17)22(26)27/h1-4,6-9,12,15,18-20H,5,10-11H2. The van der Waals surface area contributed by atoms with E-state index in [0.717, 1.165) is 48.5 Å². The van der Waals surface area contributed by atoms with Crippen molar-refractivity contribution in [1.29, 1.82) is 0 Å². The zero-order valence-corrected chi connectivity index (χ0v) is 19.4. The number of piperidine rings is 1. The lowest BCUT2D eigenvalue weighted by Gasteiger charge is -2.33. The molecule has 2 aromatic rings. The van der Waals surface area contributed by atoms with Gasteiger partial charge < -0.3 is 10.1 Å². The summed E-state index contributed by atoms with van der Waals surface area (Å²) in [5.74, 6) is 0. The van der Waals surface area contributed by atoms with E-state index in [0.29, 0.717) is 0 Å². The molecule has 3 rings (SSSR count). The van der Waals surface area contributed by atoms with Gasteiger partial charge in [-0.1, -0.05) is 0 Å². The molecule has 1 heterocycles. The first-order valence-corrected chi connectivity index (χ1v) is 12.9. The summed E-state index contributed by atoms with van der Waals surface area (Å²) in [6.07, 6.45) is -0.755. The molecule has 0 spiro atoms. The predicted molar refractivity (Wildman–Crippen MR) is 117 cm³/mol. The third kappa shape index (κ3) is 5.97.